The van der Waals surface area contributed by atoms with E-state index in [0.29, 0.717) is 190 Å². The molecule has 0 aliphatic rings. The maximum atomic E-state index is 13.2. The number of hydrogen-bond acceptors (Lipinski definition) is 18. The molecule has 3 amide bonds. The van der Waals surface area contributed by atoms with Crippen molar-refractivity contribution >= 4 is 23.5 Å². The van der Waals surface area contributed by atoms with E-state index in [4.69, 9.17) is 67.3 Å². The Labute approximate surface area is 413 Å². The van der Waals surface area contributed by atoms with Crippen molar-refractivity contribution in [2.75, 3.05) is 185 Å². The minimum atomic E-state index is -0.858. The molecule has 5 N–H and O–H groups in total. The molecule has 0 unspecified atom stereocenters. The van der Waals surface area contributed by atoms with Crippen LogP contribution in [0.4, 0.5) is 0 Å². The summed E-state index contributed by atoms with van der Waals surface area (Å²) in [7, 11) is 0. The fourth-order valence-corrected chi connectivity index (χ4v) is 5.53. The summed E-state index contributed by atoms with van der Waals surface area (Å²) < 4.78 is 71.5. The fraction of sp³-hybridized carbons (Fsp3) is 0.917. The summed E-state index contributed by atoms with van der Waals surface area (Å²) >= 11 is 0. The Kier molecular flexibility index (Phi) is 48.6. The van der Waals surface area contributed by atoms with Crippen LogP contribution in [-0.2, 0) is 80.8 Å². The summed E-state index contributed by atoms with van der Waals surface area (Å²) in [5.41, 5.74) is 5.60. The highest BCUT2D eigenvalue weighted by atomic mass is 16.6. The van der Waals surface area contributed by atoms with E-state index >= 15 is 0 Å². The monoisotopic (exact) mass is 999 g/mol. The lowest BCUT2D eigenvalue weighted by Crippen LogP contribution is -2.55. The molecule has 0 aliphatic carbocycles. The molecule has 21 nitrogen and oxygen atoms in total. The maximum Gasteiger partial charge on any atom is 0.243 e. The lowest BCUT2D eigenvalue weighted by atomic mass is 10.0. The predicted molar refractivity (Wildman–Crippen MR) is 259 cm³/mol. The van der Waals surface area contributed by atoms with E-state index in [2.05, 4.69) is 29.8 Å². The number of ether oxygens (including phenoxy) is 13. The van der Waals surface area contributed by atoms with Gasteiger partial charge in [0.25, 0.3) is 0 Å². The van der Waals surface area contributed by atoms with Crippen LogP contribution < -0.4 is 21.7 Å². The summed E-state index contributed by atoms with van der Waals surface area (Å²) in [5, 5.41) is 8.13. The van der Waals surface area contributed by atoms with Crippen molar-refractivity contribution in [3.63, 3.8) is 0 Å². The molecule has 0 bridgehead atoms. The lowest BCUT2D eigenvalue weighted by molar-refractivity contribution is -0.134. The largest absolute Gasteiger partial charge is 0.379 e. The summed E-state index contributed by atoms with van der Waals surface area (Å²) in [6.07, 6.45) is 2.77. The first-order chi connectivity index (χ1) is 33.5. The molecule has 0 spiro atoms. The van der Waals surface area contributed by atoms with Gasteiger partial charge in [0.1, 0.15) is 12.1 Å². The van der Waals surface area contributed by atoms with E-state index in [1.807, 2.05) is 0 Å². The molecule has 0 aromatic rings. The zero-order chi connectivity index (χ0) is 50.8. The van der Waals surface area contributed by atoms with Crippen LogP contribution in [0, 0.1) is 17.8 Å². The zero-order valence-electron chi connectivity index (χ0n) is 43.2. The molecule has 2 atom stereocenters. The molecule has 0 rings (SSSR count). The highest BCUT2D eigenvalue weighted by Gasteiger charge is 2.29. The van der Waals surface area contributed by atoms with Crippen LogP contribution in [0.2, 0.25) is 0 Å². The third kappa shape index (κ3) is 46.4. The second-order valence-electron chi connectivity index (χ2n) is 16.9. The van der Waals surface area contributed by atoms with Gasteiger partial charge < -0.3 is 83.3 Å². The lowest BCUT2D eigenvalue weighted by Gasteiger charge is -2.25. The SMILES string of the molecule is CC(C)CCOCCOCCOCCOCCOCCOCCOCCOCCOCCOCCOCCOCCOCCC(=O)N[C@H](C(=O)N[C@@H](CCCCN)C(=O)NCC(=O)C(C)C)C(C)C. The van der Waals surface area contributed by atoms with Gasteiger partial charge in [0.15, 0.2) is 5.78 Å². The van der Waals surface area contributed by atoms with Gasteiger partial charge in [0, 0.05) is 18.9 Å². The number of nitrogens with two attached hydrogens (primary N) is 1. The molecule has 0 heterocycles. The second kappa shape index (κ2) is 50.5. The Morgan fingerprint density at radius 1 is 0.406 bits per heavy atom. The molecule has 69 heavy (non-hydrogen) atoms. The van der Waals surface area contributed by atoms with E-state index < -0.39 is 23.9 Å². The number of unbranched alkanes of at least 4 members (excludes halogenated alkanes) is 1. The minimum absolute atomic E-state index is 0.0475. The van der Waals surface area contributed by atoms with Crippen LogP contribution in [0.3, 0.4) is 0 Å². The Balaban J connectivity index is 3.56. The molecule has 0 aromatic carbocycles. The average Bonchev–Trinajstić information content (AvgIpc) is 3.32. The van der Waals surface area contributed by atoms with Crippen molar-refractivity contribution in [1.82, 2.24) is 16.0 Å². The number of amides is 3. The van der Waals surface area contributed by atoms with E-state index in [1.165, 1.54) is 0 Å². The third-order valence-corrected chi connectivity index (χ3v) is 9.70. The smallest absolute Gasteiger partial charge is 0.243 e. The van der Waals surface area contributed by atoms with Crippen molar-refractivity contribution in [2.45, 2.75) is 85.7 Å². The van der Waals surface area contributed by atoms with Crippen molar-refractivity contribution in [3.05, 3.63) is 0 Å². The van der Waals surface area contributed by atoms with E-state index in [-0.39, 0.29) is 43.1 Å². The van der Waals surface area contributed by atoms with Crippen LogP contribution in [0.1, 0.15) is 73.6 Å². The van der Waals surface area contributed by atoms with Crippen LogP contribution in [-0.4, -0.2) is 220 Å². The number of carbonyl (C=O) groups excluding carboxylic acids is 4. The quantitative estimate of drug-likeness (QED) is 0.0634. The van der Waals surface area contributed by atoms with Gasteiger partial charge in [-0.3, -0.25) is 19.2 Å². The number of ketones is 1. The summed E-state index contributed by atoms with van der Waals surface area (Å²) in [4.78, 5) is 50.7. The molecular formula is C48H94N4O17. The van der Waals surface area contributed by atoms with Gasteiger partial charge in [-0.15, -0.1) is 0 Å². The number of nitrogens with one attached hydrogen (secondary N) is 3. The molecule has 0 aliphatic heterocycles. The zero-order valence-corrected chi connectivity index (χ0v) is 43.2. The Hall–Kier alpha value is -2.48. The number of Topliss-reactive ketones (excluding diaryl/α,β-unsaturated/α-hetero) is 1. The molecule has 0 saturated heterocycles. The molecular weight excluding hydrogens is 905 g/mol. The Morgan fingerprint density at radius 3 is 1.04 bits per heavy atom. The molecule has 21 heteroatoms. The molecule has 0 saturated carbocycles. The molecule has 0 aromatic heterocycles. The van der Waals surface area contributed by atoms with Crippen LogP contribution >= 0.6 is 0 Å². The van der Waals surface area contributed by atoms with Gasteiger partial charge in [0.2, 0.25) is 17.7 Å². The van der Waals surface area contributed by atoms with E-state index in [0.717, 1.165) is 13.0 Å². The Morgan fingerprint density at radius 2 is 0.739 bits per heavy atom. The number of rotatable bonds is 54. The minimum Gasteiger partial charge on any atom is -0.379 e. The van der Waals surface area contributed by atoms with E-state index in [1.54, 1.807) is 27.7 Å². The average molecular weight is 999 g/mol. The molecule has 408 valence electrons. The highest BCUT2D eigenvalue weighted by molar-refractivity contribution is 5.94. The first-order valence-corrected chi connectivity index (χ1v) is 25.1. The van der Waals surface area contributed by atoms with Gasteiger partial charge in [-0.1, -0.05) is 41.5 Å². The van der Waals surface area contributed by atoms with E-state index in [9.17, 15) is 19.2 Å². The number of hydrogen-bond donors (Lipinski definition) is 4. The first kappa shape index (κ1) is 66.5. The second-order valence-corrected chi connectivity index (χ2v) is 16.9. The third-order valence-electron chi connectivity index (χ3n) is 9.70. The Bertz CT molecular complexity index is 1190. The summed E-state index contributed by atoms with van der Waals surface area (Å²) in [6.45, 7) is 24.0. The van der Waals surface area contributed by atoms with Gasteiger partial charge in [-0.25, -0.2) is 0 Å². The van der Waals surface area contributed by atoms with Crippen molar-refractivity contribution in [2.24, 2.45) is 23.5 Å². The normalized spacial score (nSPS) is 12.6. The van der Waals surface area contributed by atoms with Crippen LogP contribution in [0.5, 0.6) is 0 Å². The van der Waals surface area contributed by atoms with Gasteiger partial charge in [0.05, 0.1) is 172 Å². The maximum absolute atomic E-state index is 13.2. The summed E-state index contributed by atoms with van der Waals surface area (Å²) in [6, 6.07) is -1.71. The van der Waals surface area contributed by atoms with Crippen LogP contribution in [0.25, 0.3) is 0 Å². The fourth-order valence-electron chi connectivity index (χ4n) is 5.53. The first-order valence-electron chi connectivity index (χ1n) is 25.1. The van der Waals surface area contributed by atoms with Gasteiger partial charge in [-0.05, 0) is 44.1 Å². The van der Waals surface area contributed by atoms with Crippen molar-refractivity contribution in [1.29, 1.82) is 0 Å². The predicted octanol–water partition coefficient (Wildman–Crippen LogP) is 1.73. The number of carbonyl (C=O) groups is 4. The topological polar surface area (TPSA) is 250 Å². The molecule has 0 radical (unpaired) electrons. The highest BCUT2D eigenvalue weighted by Crippen LogP contribution is 2.07. The molecule has 0 fully saturated rings. The van der Waals surface area contributed by atoms with Gasteiger partial charge in [-0.2, -0.15) is 0 Å². The van der Waals surface area contributed by atoms with Crippen LogP contribution in [0.15, 0.2) is 0 Å². The summed E-state index contributed by atoms with van der Waals surface area (Å²) in [5.74, 6) is -1.20. The van der Waals surface area contributed by atoms with Gasteiger partial charge >= 0.3 is 0 Å². The standard InChI is InChI=1S/C48H94N4O17/c1-40(2)10-13-57-15-17-59-19-21-61-23-25-63-27-29-65-31-33-67-35-37-69-38-36-68-34-32-66-30-28-64-26-24-62-22-20-60-18-16-58-14-11-45(54)52-46(42(5)6)48(56)51-43(9-7-8-12-49)47(55)50-39-44(53)41(3)4/h40-43,46H,7-39,49H2,1-6H3,(H,50,55)(H,51,56)(H,52,54)/t43-,46-/m0/s1. The van der Waals surface area contributed by atoms with Crippen molar-refractivity contribution in [3.8, 4) is 0 Å². The van der Waals surface area contributed by atoms with Crippen molar-refractivity contribution < 1.29 is 80.8 Å².